The number of para-hydroxylation sites is 1. The van der Waals surface area contributed by atoms with Gasteiger partial charge in [0.15, 0.2) is 0 Å². The van der Waals surface area contributed by atoms with Gasteiger partial charge in [-0.2, -0.15) is 0 Å². The molecule has 0 spiro atoms. The van der Waals surface area contributed by atoms with E-state index in [-0.39, 0.29) is 17.4 Å². The van der Waals surface area contributed by atoms with Crippen molar-refractivity contribution >= 4 is 21.6 Å². The Morgan fingerprint density at radius 1 is 1.17 bits per heavy atom. The van der Waals surface area contributed by atoms with Crippen LogP contribution in [-0.4, -0.2) is 16.7 Å². The van der Waals surface area contributed by atoms with Crippen LogP contribution in [0.5, 0.6) is 0 Å². The Morgan fingerprint density at radius 2 is 1.83 bits per heavy atom. The maximum atomic E-state index is 9.55. The van der Waals surface area contributed by atoms with Crippen molar-refractivity contribution < 1.29 is 5.11 Å². The summed E-state index contributed by atoms with van der Waals surface area (Å²) >= 11 is 1.75. The van der Waals surface area contributed by atoms with Crippen molar-refractivity contribution in [3.63, 3.8) is 0 Å². The SMILES string of the molecule is CC(C)(C)c1nc2c(C(C)(C)CO)cccc2s1. The zero-order valence-corrected chi connectivity index (χ0v) is 12.6. The van der Waals surface area contributed by atoms with Crippen LogP contribution in [0.1, 0.15) is 45.2 Å². The molecule has 98 valence electrons. The van der Waals surface area contributed by atoms with E-state index in [0.29, 0.717) is 0 Å². The quantitative estimate of drug-likeness (QED) is 0.892. The molecule has 2 aromatic rings. The van der Waals surface area contributed by atoms with Gasteiger partial charge in [0.25, 0.3) is 0 Å². The standard InChI is InChI=1S/C15H21NOS/c1-14(2,3)13-16-12-10(15(4,5)9-17)7-6-8-11(12)18-13/h6-8,17H,9H2,1-5H3. The zero-order valence-electron chi connectivity index (χ0n) is 11.7. The number of fused-ring (bicyclic) bond motifs is 1. The Morgan fingerprint density at radius 3 is 2.39 bits per heavy atom. The molecule has 0 atom stereocenters. The van der Waals surface area contributed by atoms with E-state index in [4.69, 9.17) is 4.98 Å². The molecule has 1 heterocycles. The molecular formula is C15H21NOS. The molecule has 2 nitrogen and oxygen atoms in total. The van der Waals surface area contributed by atoms with Crippen LogP contribution >= 0.6 is 11.3 Å². The van der Waals surface area contributed by atoms with Gasteiger partial charge in [0.1, 0.15) is 0 Å². The number of benzene rings is 1. The van der Waals surface area contributed by atoms with E-state index in [9.17, 15) is 5.11 Å². The normalized spacial score (nSPS) is 13.2. The van der Waals surface area contributed by atoms with Gasteiger partial charge >= 0.3 is 0 Å². The summed E-state index contributed by atoms with van der Waals surface area (Å²) < 4.78 is 1.21. The Balaban J connectivity index is 2.67. The van der Waals surface area contributed by atoms with Crippen LogP contribution in [0.4, 0.5) is 0 Å². The monoisotopic (exact) mass is 263 g/mol. The Bertz CT molecular complexity index is 563. The Hall–Kier alpha value is -0.930. The van der Waals surface area contributed by atoms with Crippen LogP contribution in [0.25, 0.3) is 10.2 Å². The molecule has 0 radical (unpaired) electrons. The lowest BCUT2D eigenvalue weighted by Crippen LogP contribution is -2.22. The Kier molecular flexibility index (Phi) is 3.24. The zero-order chi connectivity index (χ0) is 13.6. The van der Waals surface area contributed by atoms with Gasteiger partial charge in [-0.1, -0.05) is 46.8 Å². The molecule has 2 rings (SSSR count). The third-order valence-electron chi connectivity index (χ3n) is 3.18. The number of rotatable bonds is 2. The van der Waals surface area contributed by atoms with Gasteiger partial charge in [-0.25, -0.2) is 4.98 Å². The largest absolute Gasteiger partial charge is 0.395 e. The van der Waals surface area contributed by atoms with E-state index >= 15 is 0 Å². The fourth-order valence-corrected chi connectivity index (χ4v) is 2.95. The lowest BCUT2D eigenvalue weighted by Gasteiger charge is -2.22. The van der Waals surface area contributed by atoms with Crippen LogP contribution in [0.15, 0.2) is 18.2 Å². The van der Waals surface area contributed by atoms with Crippen LogP contribution in [-0.2, 0) is 10.8 Å². The molecular weight excluding hydrogens is 242 g/mol. The average Bonchev–Trinajstić information content (AvgIpc) is 2.71. The van der Waals surface area contributed by atoms with Crippen molar-refractivity contribution in [1.29, 1.82) is 0 Å². The maximum Gasteiger partial charge on any atom is 0.0992 e. The van der Waals surface area contributed by atoms with Gasteiger partial charge in [0, 0.05) is 10.8 Å². The van der Waals surface area contributed by atoms with Crippen LogP contribution in [0.3, 0.4) is 0 Å². The van der Waals surface area contributed by atoms with Crippen molar-refractivity contribution in [3.05, 3.63) is 28.8 Å². The van der Waals surface area contributed by atoms with Gasteiger partial charge in [-0.3, -0.25) is 0 Å². The molecule has 1 aromatic heterocycles. The fourth-order valence-electron chi connectivity index (χ4n) is 1.90. The van der Waals surface area contributed by atoms with Gasteiger partial charge < -0.3 is 5.11 Å². The highest BCUT2D eigenvalue weighted by Crippen LogP contribution is 2.36. The lowest BCUT2D eigenvalue weighted by molar-refractivity contribution is 0.219. The van der Waals surface area contributed by atoms with Crippen molar-refractivity contribution in [3.8, 4) is 0 Å². The molecule has 0 bridgehead atoms. The first-order chi connectivity index (χ1) is 8.25. The van der Waals surface area contributed by atoms with E-state index < -0.39 is 0 Å². The van der Waals surface area contributed by atoms with Gasteiger partial charge in [-0.15, -0.1) is 11.3 Å². The molecule has 18 heavy (non-hydrogen) atoms. The van der Waals surface area contributed by atoms with E-state index in [0.717, 1.165) is 16.1 Å². The Labute approximate surface area is 113 Å². The topological polar surface area (TPSA) is 33.1 Å². The first-order valence-corrected chi connectivity index (χ1v) is 7.09. The number of aliphatic hydroxyl groups is 1. The number of hydrogen-bond donors (Lipinski definition) is 1. The molecule has 3 heteroatoms. The lowest BCUT2D eigenvalue weighted by atomic mass is 9.85. The first kappa shape index (κ1) is 13.5. The second kappa shape index (κ2) is 4.32. The van der Waals surface area contributed by atoms with Crippen molar-refractivity contribution in [1.82, 2.24) is 4.98 Å². The summed E-state index contributed by atoms with van der Waals surface area (Å²) in [6.07, 6.45) is 0. The molecule has 0 saturated carbocycles. The van der Waals surface area contributed by atoms with E-state index in [2.05, 4.69) is 52.8 Å². The van der Waals surface area contributed by atoms with Gasteiger partial charge in [-0.05, 0) is 11.6 Å². The number of nitrogens with zero attached hydrogens (tertiary/aromatic N) is 1. The number of thiazole rings is 1. The second-order valence-corrected chi connectivity index (χ2v) is 7.49. The molecule has 0 amide bonds. The molecule has 0 saturated heterocycles. The second-order valence-electron chi connectivity index (χ2n) is 6.46. The highest BCUT2D eigenvalue weighted by atomic mass is 32.1. The van der Waals surface area contributed by atoms with E-state index in [1.165, 1.54) is 4.70 Å². The number of aliphatic hydroxyl groups excluding tert-OH is 1. The van der Waals surface area contributed by atoms with Crippen LogP contribution < -0.4 is 0 Å². The molecule has 1 aromatic carbocycles. The first-order valence-electron chi connectivity index (χ1n) is 6.27. The molecule has 1 N–H and O–H groups in total. The predicted octanol–water partition coefficient (Wildman–Crippen LogP) is 3.86. The van der Waals surface area contributed by atoms with Gasteiger partial charge in [0.2, 0.25) is 0 Å². The van der Waals surface area contributed by atoms with Crippen molar-refractivity contribution in [2.75, 3.05) is 6.61 Å². The van der Waals surface area contributed by atoms with Crippen molar-refractivity contribution in [2.45, 2.75) is 45.4 Å². The summed E-state index contributed by atoms with van der Waals surface area (Å²) in [7, 11) is 0. The maximum absolute atomic E-state index is 9.55. The summed E-state index contributed by atoms with van der Waals surface area (Å²) in [5.74, 6) is 0. The summed E-state index contributed by atoms with van der Waals surface area (Å²) in [5, 5.41) is 10.7. The third kappa shape index (κ3) is 2.29. The van der Waals surface area contributed by atoms with E-state index in [1.54, 1.807) is 11.3 Å². The molecule has 0 fully saturated rings. The van der Waals surface area contributed by atoms with E-state index in [1.807, 2.05) is 0 Å². The summed E-state index contributed by atoms with van der Waals surface area (Å²) in [6, 6.07) is 6.24. The van der Waals surface area contributed by atoms with Crippen LogP contribution in [0.2, 0.25) is 0 Å². The molecule has 0 unspecified atom stereocenters. The average molecular weight is 263 g/mol. The number of hydrogen-bond acceptors (Lipinski definition) is 3. The minimum absolute atomic E-state index is 0.0737. The van der Waals surface area contributed by atoms with Crippen LogP contribution in [0, 0.1) is 0 Å². The fraction of sp³-hybridized carbons (Fsp3) is 0.533. The molecule has 0 aliphatic rings. The third-order valence-corrected chi connectivity index (χ3v) is 4.63. The molecule has 0 aliphatic heterocycles. The predicted molar refractivity (Wildman–Crippen MR) is 78.4 cm³/mol. The minimum Gasteiger partial charge on any atom is -0.395 e. The van der Waals surface area contributed by atoms with Gasteiger partial charge in [0.05, 0.1) is 21.8 Å². The number of aromatic nitrogens is 1. The van der Waals surface area contributed by atoms with Crippen molar-refractivity contribution in [2.24, 2.45) is 0 Å². The minimum atomic E-state index is -0.247. The molecule has 0 aliphatic carbocycles. The highest BCUT2D eigenvalue weighted by molar-refractivity contribution is 7.18. The summed E-state index contributed by atoms with van der Waals surface area (Å²) in [4.78, 5) is 4.81. The summed E-state index contributed by atoms with van der Waals surface area (Å²) in [6.45, 7) is 10.8. The highest BCUT2D eigenvalue weighted by Gasteiger charge is 2.25. The smallest absolute Gasteiger partial charge is 0.0992 e. The summed E-state index contributed by atoms with van der Waals surface area (Å²) in [5.41, 5.74) is 2.01.